The Morgan fingerprint density at radius 3 is 2.08 bits per heavy atom. The van der Waals surface area contributed by atoms with E-state index in [0.29, 0.717) is 43.8 Å². The Labute approximate surface area is 440 Å². The number of benzene rings is 2. The molecule has 4 aliphatic rings. The highest BCUT2D eigenvalue weighted by Crippen LogP contribution is 2.49. The maximum absolute atomic E-state index is 12.2. The van der Waals surface area contributed by atoms with Crippen molar-refractivity contribution in [2.24, 2.45) is 0 Å². The summed E-state index contributed by atoms with van der Waals surface area (Å²) in [6.07, 6.45) is 20.7. The Bertz CT molecular complexity index is 2810. The zero-order valence-corrected chi connectivity index (χ0v) is 46.0. The van der Waals surface area contributed by atoms with Crippen molar-refractivity contribution in [2.75, 3.05) is 36.0 Å². The van der Waals surface area contributed by atoms with Gasteiger partial charge in [0.05, 0.1) is 16.9 Å². The number of nitrogens with zero attached hydrogens (tertiary/aromatic N) is 3. The standard InChI is InChI=1S/C54H74N4O13S3/c1-39-22-26-45-43(37-39)53(2,3)47(56(45)33-14-16-35-73(64,65)66)28-23-40-19-18-20-41(52(40)55-32-13-11-9-7-6-8-10-12-21-51(61)70-58-49(59)30-31-50(58)60)24-29-48-54(4,5)44-38-42(71-72(62)63)25-27-46(44)57(48)34-15-17-36-74(67,68)69/h22-29,37-38H,6-21,30-36H2,1-5H3,(H3,62,63,64,65,66,67,68,69)/p+1/b40-23+,47-28+. The lowest BCUT2D eigenvalue weighted by Crippen LogP contribution is -2.31. The van der Waals surface area contributed by atoms with E-state index in [-0.39, 0.29) is 48.4 Å². The highest BCUT2D eigenvalue weighted by molar-refractivity contribution is 7.86. The molecular formula is C54H75N4O13S3+. The number of aryl methyl sites for hydroxylation is 1. The number of imide groups is 1. The number of amides is 2. The summed E-state index contributed by atoms with van der Waals surface area (Å²) in [5, 5.41) is 4.44. The van der Waals surface area contributed by atoms with Gasteiger partial charge in [-0.25, -0.2) is 4.79 Å². The molecule has 2 aromatic rings. The third-order valence-electron chi connectivity index (χ3n) is 14.4. The topological polar surface area (TPSA) is 237 Å². The van der Waals surface area contributed by atoms with Gasteiger partial charge in [0.2, 0.25) is 5.69 Å². The van der Waals surface area contributed by atoms with Crippen molar-refractivity contribution < 1.29 is 62.7 Å². The second kappa shape index (κ2) is 25.7. The number of rotatable bonds is 28. The average molecular weight is 1080 g/mol. The minimum atomic E-state index is -4.13. The predicted molar refractivity (Wildman–Crippen MR) is 286 cm³/mol. The zero-order chi connectivity index (χ0) is 53.8. The molecule has 6 rings (SSSR count). The van der Waals surface area contributed by atoms with Gasteiger partial charge in [-0.2, -0.15) is 25.6 Å². The number of carbonyl (C=O) groups excluding carboxylic acids is 3. The van der Waals surface area contributed by atoms with Gasteiger partial charge < -0.3 is 19.2 Å². The fourth-order valence-corrected chi connectivity index (χ4v) is 11.9. The number of hydroxylamine groups is 2. The van der Waals surface area contributed by atoms with Crippen molar-refractivity contribution in [3.63, 3.8) is 0 Å². The molecule has 1 unspecified atom stereocenters. The van der Waals surface area contributed by atoms with Gasteiger partial charge >= 0.3 is 17.3 Å². The normalized spacial score (nSPS) is 19.1. The fourth-order valence-electron chi connectivity index (χ4n) is 10.5. The number of carbonyl (C=O) groups is 3. The first kappa shape index (κ1) is 58.3. The van der Waals surface area contributed by atoms with E-state index < -0.39 is 54.8 Å². The van der Waals surface area contributed by atoms with Crippen LogP contribution in [0.15, 0.2) is 83.2 Å². The summed E-state index contributed by atoms with van der Waals surface area (Å²) in [7, 11) is -8.21. The van der Waals surface area contributed by atoms with E-state index in [9.17, 15) is 49.1 Å². The summed E-state index contributed by atoms with van der Waals surface area (Å²) < 4.78 is 93.8. The van der Waals surface area contributed by atoms with Crippen molar-refractivity contribution in [1.29, 1.82) is 0 Å². The molecule has 3 heterocycles. The third-order valence-corrected chi connectivity index (χ3v) is 16.3. The summed E-state index contributed by atoms with van der Waals surface area (Å²) in [4.78, 5) is 42.9. The lowest BCUT2D eigenvalue weighted by molar-refractivity contribution is -0.438. The molecule has 20 heteroatoms. The molecular weight excluding hydrogens is 1010 g/mol. The second-order valence-corrected chi connectivity index (χ2v) is 24.6. The number of hydrogen-bond acceptors (Lipinski definition) is 12. The fraction of sp³-hybridized carbons (Fsp3) is 0.556. The Kier molecular flexibility index (Phi) is 20.2. The summed E-state index contributed by atoms with van der Waals surface area (Å²) in [6, 6.07) is 11.7. The first-order valence-electron chi connectivity index (χ1n) is 26.0. The van der Waals surface area contributed by atoms with Crippen molar-refractivity contribution in [2.45, 2.75) is 161 Å². The van der Waals surface area contributed by atoms with Crippen LogP contribution in [0.25, 0.3) is 0 Å². The molecule has 0 bridgehead atoms. The molecule has 0 spiro atoms. The van der Waals surface area contributed by atoms with E-state index in [1.165, 1.54) is 5.56 Å². The van der Waals surface area contributed by atoms with Crippen LogP contribution < -0.4 is 14.4 Å². The zero-order valence-electron chi connectivity index (χ0n) is 43.5. The quantitative estimate of drug-likeness (QED) is 0.0204. The summed E-state index contributed by atoms with van der Waals surface area (Å²) in [6.45, 7) is 12.4. The molecule has 1 saturated heterocycles. The van der Waals surface area contributed by atoms with Gasteiger partial charge in [0.15, 0.2) is 5.71 Å². The first-order chi connectivity index (χ1) is 35.0. The van der Waals surface area contributed by atoms with Gasteiger partial charge in [-0.15, -0.1) is 5.06 Å². The summed E-state index contributed by atoms with van der Waals surface area (Å²) in [5.74, 6) is -1.93. The third kappa shape index (κ3) is 15.8. The van der Waals surface area contributed by atoms with Crippen LogP contribution in [0, 0.1) is 6.92 Å². The number of allylic oxidation sites excluding steroid dienone is 7. The molecule has 1 fully saturated rings. The number of hydrogen-bond donors (Lipinski definition) is 4. The van der Waals surface area contributed by atoms with Gasteiger partial charge in [0.1, 0.15) is 12.3 Å². The number of fused-ring (bicyclic) bond motifs is 2. The lowest BCUT2D eigenvalue weighted by Gasteiger charge is -2.28. The van der Waals surface area contributed by atoms with E-state index in [1.54, 1.807) is 12.1 Å². The molecule has 1 aliphatic carbocycles. The largest absolute Gasteiger partial charge is 0.385 e. The molecule has 4 N–H and O–H groups in total. The summed E-state index contributed by atoms with van der Waals surface area (Å²) in [5.41, 5.74) is 9.59. The van der Waals surface area contributed by atoms with Crippen LogP contribution in [-0.2, 0) is 61.6 Å². The van der Waals surface area contributed by atoms with Crippen LogP contribution in [0.4, 0.5) is 11.4 Å². The smallest absolute Gasteiger partial charge is 0.357 e. The van der Waals surface area contributed by atoms with Crippen molar-refractivity contribution >= 4 is 66.5 Å². The Morgan fingerprint density at radius 2 is 1.42 bits per heavy atom. The van der Waals surface area contributed by atoms with E-state index in [0.717, 1.165) is 122 Å². The SMILES string of the molecule is Cc1ccc2c(c1)C(C)(C)/C(=C\C=C1/CCCC(/C=C/C3=[N+](CCCCS(=O)(=O)O)c4ccc(OS(=O)O)cc4C3(C)C)=C1NCCCCCCCCCCC(=O)ON1C(=O)CCC1=O)N2CCCCS(=O)(=O)O. The van der Waals surface area contributed by atoms with Gasteiger partial charge in [-0.05, 0) is 113 Å². The first-order valence-corrected chi connectivity index (χ1v) is 30.2. The maximum atomic E-state index is 12.2. The van der Waals surface area contributed by atoms with E-state index in [4.69, 9.17) is 9.02 Å². The van der Waals surface area contributed by atoms with E-state index in [1.807, 2.05) is 6.07 Å². The molecule has 3 aliphatic heterocycles. The second-order valence-electron chi connectivity index (χ2n) is 20.8. The van der Waals surface area contributed by atoms with Crippen molar-refractivity contribution in [3.8, 4) is 5.75 Å². The number of nitrogens with one attached hydrogen (secondary N) is 1. The van der Waals surface area contributed by atoms with Crippen LogP contribution >= 0.6 is 0 Å². The highest BCUT2D eigenvalue weighted by Gasteiger charge is 2.45. The van der Waals surface area contributed by atoms with Crippen molar-refractivity contribution in [1.82, 2.24) is 10.4 Å². The number of anilines is 1. The Morgan fingerprint density at radius 1 is 0.770 bits per heavy atom. The van der Waals surface area contributed by atoms with Crippen LogP contribution in [0.5, 0.6) is 5.75 Å². The van der Waals surface area contributed by atoms with Crippen LogP contribution in [0.1, 0.15) is 160 Å². The van der Waals surface area contributed by atoms with Crippen LogP contribution in [0.2, 0.25) is 0 Å². The molecule has 17 nitrogen and oxygen atoms in total. The van der Waals surface area contributed by atoms with Crippen LogP contribution in [0.3, 0.4) is 0 Å². The molecule has 2 aromatic carbocycles. The molecule has 0 aromatic heterocycles. The van der Waals surface area contributed by atoms with Gasteiger partial charge in [-0.1, -0.05) is 82.2 Å². The predicted octanol–water partition coefficient (Wildman–Crippen LogP) is 9.53. The van der Waals surface area contributed by atoms with Crippen molar-refractivity contribution in [3.05, 3.63) is 99.9 Å². The molecule has 0 saturated carbocycles. The highest BCUT2D eigenvalue weighted by atomic mass is 32.2. The molecule has 406 valence electrons. The minimum absolute atomic E-state index is 0.0677. The van der Waals surface area contributed by atoms with E-state index >= 15 is 0 Å². The lowest BCUT2D eigenvalue weighted by atomic mass is 9.80. The molecule has 74 heavy (non-hydrogen) atoms. The maximum Gasteiger partial charge on any atom is 0.357 e. The van der Waals surface area contributed by atoms with E-state index in [2.05, 4.69) is 91.9 Å². The average Bonchev–Trinajstić information content (AvgIpc) is 3.82. The molecule has 1 atom stereocenters. The Hall–Kier alpha value is -4.99. The minimum Gasteiger partial charge on any atom is -0.385 e. The molecule has 0 radical (unpaired) electrons. The number of unbranched alkanes of at least 4 members (excludes halogenated alkanes) is 9. The van der Waals surface area contributed by atoms with Gasteiger partial charge in [0, 0.05) is 79.0 Å². The van der Waals surface area contributed by atoms with Gasteiger partial charge in [0.25, 0.3) is 32.1 Å². The Balaban J connectivity index is 1.23. The van der Waals surface area contributed by atoms with Gasteiger partial charge in [-0.3, -0.25) is 23.2 Å². The molecule has 2 amide bonds. The monoisotopic (exact) mass is 1080 g/mol. The van der Waals surface area contributed by atoms with Crippen LogP contribution in [-0.4, -0.2) is 99.0 Å². The summed E-state index contributed by atoms with van der Waals surface area (Å²) >= 11 is -2.52.